The van der Waals surface area contributed by atoms with Gasteiger partial charge in [0.25, 0.3) is 0 Å². The molecule has 6 aromatic rings. The summed E-state index contributed by atoms with van der Waals surface area (Å²) in [6.07, 6.45) is 0. The number of oxazole rings is 2. The fraction of sp³-hybridized carbons (Fsp3) is 0.143. The molecule has 0 bridgehead atoms. The second-order valence-corrected chi connectivity index (χ2v) is 13.4. The third kappa shape index (κ3) is 3.97. The van der Waals surface area contributed by atoms with Crippen LogP contribution in [0.4, 0.5) is 0 Å². The van der Waals surface area contributed by atoms with Crippen LogP contribution in [0.15, 0.2) is 91.4 Å². The van der Waals surface area contributed by atoms with Gasteiger partial charge >= 0.3 is 0 Å². The molecule has 0 fully saturated rings. The number of hydrogen-bond acceptors (Lipinski definition) is 8. The van der Waals surface area contributed by atoms with E-state index in [4.69, 9.17) is 8.83 Å². The average molecular weight is 547 g/mol. The molecule has 0 aliphatic carbocycles. The minimum absolute atomic E-state index is 0.000863. The van der Waals surface area contributed by atoms with E-state index < -0.39 is 19.7 Å². The maximum absolute atomic E-state index is 12.3. The molecule has 0 aliphatic heterocycles. The molecule has 0 aliphatic rings. The largest absolute Gasteiger partial charge is 0.436 e. The number of sulfone groups is 2. The summed E-state index contributed by atoms with van der Waals surface area (Å²) >= 11 is 0. The van der Waals surface area contributed by atoms with Crippen molar-refractivity contribution in [1.82, 2.24) is 9.97 Å². The number of aromatic nitrogens is 2. The third-order valence-electron chi connectivity index (χ3n) is 6.58. The molecule has 4 aromatic carbocycles. The van der Waals surface area contributed by atoms with Crippen LogP contribution in [0.1, 0.15) is 13.8 Å². The normalized spacial score (nSPS) is 12.6. The van der Waals surface area contributed by atoms with E-state index in [1.807, 2.05) is 36.4 Å². The van der Waals surface area contributed by atoms with Crippen molar-refractivity contribution in [3.05, 3.63) is 72.8 Å². The number of hydrogen-bond donors (Lipinski definition) is 0. The third-order valence-corrected chi connectivity index (χ3v) is 10.0. The Morgan fingerprint density at radius 1 is 0.605 bits per heavy atom. The van der Waals surface area contributed by atoms with Crippen LogP contribution in [-0.4, -0.2) is 38.3 Å². The second kappa shape index (κ2) is 8.78. The quantitative estimate of drug-likeness (QED) is 0.248. The van der Waals surface area contributed by atoms with Crippen molar-refractivity contribution in [2.24, 2.45) is 0 Å². The van der Waals surface area contributed by atoms with Gasteiger partial charge in [0.1, 0.15) is 11.0 Å². The summed E-state index contributed by atoms with van der Waals surface area (Å²) in [7, 11) is -6.74. The SMILES string of the molecule is CCS(=O)(=O)c1ccc2oc(-c3ccc(-c4nc5cc(S(=O)(=O)CC)ccc5o4)c4ccccc34)nc2c1. The van der Waals surface area contributed by atoms with Crippen molar-refractivity contribution in [3.8, 4) is 22.9 Å². The highest BCUT2D eigenvalue weighted by atomic mass is 32.2. The van der Waals surface area contributed by atoms with Crippen LogP contribution in [-0.2, 0) is 19.7 Å². The molecule has 0 N–H and O–H groups in total. The summed E-state index contributed by atoms with van der Waals surface area (Å²) < 4.78 is 61.3. The van der Waals surface area contributed by atoms with E-state index in [9.17, 15) is 16.8 Å². The predicted molar refractivity (Wildman–Crippen MR) is 145 cm³/mol. The molecule has 0 saturated heterocycles. The molecule has 0 unspecified atom stereocenters. The Hall–Kier alpha value is -4.02. The Labute approximate surface area is 218 Å². The number of nitrogens with zero attached hydrogens (tertiary/aromatic N) is 2. The zero-order chi connectivity index (χ0) is 26.7. The number of benzene rings is 4. The van der Waals surface area contributed by atoms with Crippen molar-refractivity contribution in [3.63, 3.8) is 0 Å². The van der Waals surface area contributed by atoms with Crippen LogP contribution < -0.4 is 0 Å². The fourth-order valence-electron chi connectivity index (χ4n) is 4.44. The van der Waals surface area contributed by atoms with Crippen LogP contribution in [0, 0.1) is 0 Å². The highest BCUT2D eigenvalue weighted by Gasteiger charge is 2.20. The molecule has 0 radical (unpaired) electrons. The van der Waals surface area contributed by atoms with Gasteiger partial charge in [0.05, 0.1) is 21.3 Å². The zero-order valence-corrected chi connectivity index (χ0v) is 22.1. The lowest BCUT2D eigenvalue weighted by Crippen LogP contribution is -2.03. The fourth-order valence-corrected chi connectivity index (χ4v) is 6.24. The monoisotopic (exact) mass is 546 g/mol. The van der Waals surface area contributed by atoms with Crippen molar-refractivity contribution < 1.29 is 25.7 Å². The van der Waals surface area contributed by atoms with E-state index in [-0.39, 0.29) is 21.3 Å². The van der Waals surface area contributed by atoms with Crippen molar-refractivity contribution in [2.45, 2.75) is 23.6 Å². The summed E-state index contributed by atoms with van der Waals surface area (Å²) in [5.41, 5.74) is 3.35. The summed E-state index contributed by atoms with van der Waals surface area (Å²) in [6, 6.07) is 20.7. The van der Waals surface area contributed by atoms with E-state index in [1.165, 1.54) is 24.3 Å². The van der Waals surface area contributed by atoms with Gasteiger partial charge in [-0.1, -0.05) is 38.1 Å². The van der Waals surface area contributed by atoms with Crippen molar-refractivity contribution in [2.75, 3.05) is 11.5 Å². The van der Waals surface area contributed by atoms with Crippen LogP contribution in [0.3, 0.4) is 0 Å². The van der Waals surface area contributed by atoms with Crippen LogP contribution in [0.25, 0.3) is 55.9 Å². The molecule has 2 aromatic heterocycles. The van der Waals surface area contributed by atoms with Crippen LogP contribution in [0.5, 0.6) is 0 Å². The average Bonchev–Trinajstić information content (AvgIpc) is 3.55. The Morgan fingerprint density at radius 3 is 1.42 bits per heavy atom. The molecule has 0 spiro atoms. The van der Waals surface area contributed by atoms with Gasteiger partial charge in [-0.05, 0) is 59.3 Å². The minimum atomic E-state index is -3.37. The van der Waals surface area contributed by atoms with E-state index >= 15 is 0 Å². The molecular weight excluding hydrogens is 524 g/mol. The van der Waals surface area contributed by atoms with E-state index in [1.54, 1.807) is 26.0 Å². The molecule has 0 saturated carbocycles. The highest BCUT2D eigenvalue weighted by Crippen LogP contribution is 2.37. The molecule has 0 amide bonds. The van der Waals surface area contributed by atoms with Gasteiger partial charge in [-0.2, -0.15) is 0 Å². The first-order chi connectivity index (χ1) is 18.2. The summed E-state index contributed by atoms with van der Waals surface area (Å²) in [5.74, 6) is 0.725. The maximum Gasteiger partial charge on any atom is 0.227 e. The first-order valence-corrected chi connectivity index (χ1v) is 15.3. The molecule has 38 heavy (non-hydrogen) atoms. The smallest absolute Gasteiger partial charge is 0.227 e. The summed E-state index contributed by atoms with van der Waals surface area (Å²) in [4.78, 5) is 9.60. The predicted octanol–water partition coefficient (Wildman–Crippen LogP) is 6.04. The highest BCUT2D eigenvalue weighted by molar-refractivity contribution is 7.91. The first kappa shape index (κ1) is 24.3. The van der Waals surface area contributed by atoms with E-state index in [0.29, 0.717) is 34.0 Å². The van der Waals surface area contributed by atoms with Gasteiger partial charge in [0, 0.05) is 11.1 Å². The number of fused-ring (bicyclic) bond motifs is 3. The molecular formula is C28H22N2O6S2. The summed E-state index contributed by atoms with van der Waals surface area (Å²) in [6.45, 7) is 3.20. The van der Waals surface area contributed by atoms with E-state index in [0.717, 1.165) is 21.9 Å². The lowest BCUT2D eigenvalue weighted by molar-refractivity contribution is 0.595. The lowest BCUT2D eigenvalue weighted by Gasteiger charge is -2.07. The van der Waals surface area contributed by atoms with Gasteiger partial charge in [-0.15, -0.1) is 0 Å². The molecule has 10 heteroatoms. The molecule has 0 atom stereocenters. The summed E-state index contributed by atoms with van der Waals surface area (Å²) in [5, 5.41) is 1.68. The lowest BCUT2D eigenvalue weighted by atomic mass is 9.99. The van der Waals surface area contributed by atoms with Crippen molar-refractivity contribution in [1.29, 1.82) is 0 Å². The first-order valence-electron chi connectivity index (χ1n) is 12.0. The van der Waals surface area contributed by atoms with Crippen molar-refractivity contribution >= 4 is 52.6 Å². The minimum Gasteiger partial charge on any atom is -0.436 e. The molecule has 192 valence electrons. The van der Waals surface area contributed by atoms with E-state index in [2.05, 4.69) is 9.97 Å². The molecule has 2 heterocycles. The number of rotatable bonds is 6. The maximum atomic E-state index is 12.3. The van der Waals surface area contributed by atoms with Gasteiger partial charge in [-0.25, -0.2) is 26.8 Å². The molecule has 8 nitrogen and oxygen atoms in total. The Kier molecular flexibility index (Phi) is 5.62. The molecule has 6 rings (SSSR count). The van der Waals surface area contributed by atoms with Gasteiger partial charge in [0.2, 0.25) is 11.8 Å². The zero-order valence-electron chi connectivity index (χ0n) is 20.5. The Bertz CT molecular complexity index is 1940. The Morgan fingerprint density at radius 2 is 1.03 bits per heavy atom. The van der Waals surface area contributed by atoms with Crippen LogP contribution >= 0.6 is 0 Å². The Balaban J connectivity index is 1.48. The van der Waals surface area contributed by atoms with Gasteiger partial charge in [-0.3, -0.25) is 0 Å². The van der Waals surface area contributed by atoms with Gasteiger partial charge < -0.3 is 8.83 Å². The topological polar surface area (TPSA) is 120 Å². The second-order valence-electron chi connectivity index (χ2n) is 8.81. The standard InChI is InChI=1S/C28H22N2O6S2/c1-3-37(31,32)17-9-13-25-23(15-17)29-27(35-25)21-11-12-22(20-8-6-5-7-19(20)21)28-30-24-16-18(38(33,34)4-2)10-14-26(24)36-28/h5-16H,3-4H2,1-2H3. The van der Waals surface area contributed by atoms with Gasteiger partial charge in [0.15, 0.2) is 30.8 Å². The van der Waals surface area contributed by atoms with Crippen LogP contribution in [0.2, 0.25) is 0 Å².